The van der Waals surface area contributed by atoms with Gasteiger partial charge in [0.15, 0.2) is 0 Å². The van der Waals surface area contributed by atoms with Crippen LogP contribution in [0.5, 0.6) is 0 Å². The molecule has 3 atom stereocenters. The number of nitrogens with zero attached hydrogens (tertiary/aromatic N) is 1. The van der Waals surface area contributed by atoms with E-state index < -0.39 is 0 Å². The lowest BCUT2D eigenvalue weighted by molar-refractivity contribution is 0.103. The number of hydrogen-bond donors (Lipinski definition) is 1. The summed E-state index contributed by atoms with van der Waals surface area (Å²) in [6, 6.07) is 11.9. The molecule has 2 heteroatoms. The Morgan fingerprint density at radius 3 is 2.53 bits per heavy atom. The van der Waals surface area contributed by atoms with Crippen LogP contribution in [0.2, 0.25) is 0 Å². The Morgan fingerprint density at radius 2 is 1.95 bits per heavy atom. The fraction of sp³-hybridized carbons (Fsp3) is 0.647. The van der Waals surface area contributed by atoms with E-state index in [1.807, 2.05) is 0 Å². The highest BCUT2D eigenvalue weighted by molar-refractivity contribution is 5.19. The molecule has 0 bridgehead atoms. The Labute approximate surface area is 118 Å². The van der Waals surface area contributed by atoms with Crippen molar-refractivity contribution in [3.05, 3.63) is 35.9 Å². The van der Waals surface area contributed by atoms with Gasteiger partial charge in [0.25, 0.3) is 0 Å². The summed E-state index contributed by atoms with van der Waals surface area (Å²) in [6.45, 7) is 9.18. The molecule has 1 heterocycles. The van der Waals surface area contributed by atoms with E-state index in [0.29, 0.717) is 18.0 Å². The van der Waals surface area contributed by atoms with Crippen molar-refractivity contribution in [3.8, 4) is 0 Å². The van der Waals surface area contributed by atoms with E-state index in [-0.39, 0.29) is 0 Å². The van der Waals surface area contributed by atoms with Crippen LogP contribution in [0, 0.1) is 11.8 Å². The van der Waals surface area contributed by atoms with E-state index in [1.165, 1.54) is 12.0 Å². The van der Waals surface area contributed by atoms with Crippen molar-refractivity contribution >= 4 is 0 Å². The zero-order valence-electron chi connectivity index (χ0n) is 12.5. The second kappa shape index (κ2) is 6.53. The molecule has 0 spiro atoms. The zero-order valence-corrected chi connectivity index (χ0v) is 12.5. The van der Waals surface area contributed by atoms with Gasteiger partial charge in [-0.15, -0.1) is 0 Å². The largest absolute Gasteiger partial charge is 0.327 e. The molecule has 1 fully saturated rings. The summed E-state index contributed by atoms with van der Waals surface area (Å²) in [4.78, 5) is 2.64. The molecule has 0 amide bonds. The number of piperidine rings is 1. The molecule has 106 valence electrons. The first-order valence-corrected chi connectivity index (χ1v) is 7.62. The first-order valence-electron chi connectivity index (χ1n) is 7.62. The van der Waals surface area contributed by atoms with E-state index in [2.05, 4.69) is 56.0 Å². The topological polar surface area (TPSA) is 29.3 Å². The average molecular weight is 260 g/mol. The second-order valence-electron chi connectivity index (χ2n) is 6.48. The predicted octanol–water partition coefficient (Wildman–Crippen LogP) is 3.44. The minimum absolute atomic E-state index is 0.381. The molecule has 0 saturated carbocycles. The number of hydrogen-bond acceptors (Lipinski definition) is 2. The summed E-state index contributed by atoms with van der Waals surface area (Å²) in [5.74, 6) is 1.32. The summed E-state index contributed by atoms with van der Waals surface area (Å²) in [7, 11) is 0. The van der Waals surface area contributed by atoms with Gasteiger partial charge in [0.05, 0.1) is 0 Å². The number of nitrogens with two attached hydrogens (primary N) is 1. The van der Waals surface area contributed by atoms with E-state index >= 15 is 0 Å². The highest BCUT2D eigenvalue weighted by Gasteiger charge is 2.29. The minimum Gasteiger partial charge on any atom is -0.327 e. The highest BCUT2D eigenvalue weighted by Crippen LogP contribution is 2.31. The third kappa shape index (κ3) is 3.80. The summed E-state index contributed by atoms with van der Waals surface area (Å²) in [5, 5.41) is 0. The van der Waals surface area contributed by atoms with Crippen molar-refractivity contribution in [1.82, 2.24) is 4.90 Å². The lowest BCUT2D eigenvalue weighted by atomic mass is 9.89. The van der Waals surface area contributed by atoms with Gasteiger partial charge in [-0.25, -0.2) is 0 Å². The number of benzene rings is 1. The van der Waals surface area contributed by atoms with Crippen molar-refractivity contribution in [2.24, 2.45) is 17.6 Å². The van der Waals surface area contributed by atoms with Crippen LogP contribution in [0.25, 0.3) is 0 Å². The normalized spacial score (nSPS) is 26.6. The molecule has 2 N–H and O–H groups in total. The Hall–Kier alpha value is -0.860. The predicted molar refractivity (Wildman–Crippen MR) is 82.0 cm³/mol. The minimum atomic E-state index is 0.381. The molecular weight excluding hydrogens is 232 g/mol. The fourth-order valence-electron chi connectivity index (χ4n) is 3.10. The van der Waals surface area contributed by atoms with Crippen molar-refractivity contribution < 1.29 is 0 Å². The maximum Gasteiger partial charge on any atom is 0.0350 e. The molecular formula is C17H28N2. The van der Waals surface area contributed by atoms with E-state index in [4.69, 9.17) is 5.73 Å². The molecule has 3 unspecified atom stereocenters. The van der Waals surface area contributed by atoms with Gasteiger partial charge < -0.3 is 5.73 Å². The monoisotopic (exact) mass is 260 g/mol. The molecule has 19 heavy (non-hydrogen) atoms. The van der Waals surface area contributed by atoms with E-state index in [1.54, 1.807) is 0 Å². The Balaban J connectivity index is 2.14. The van der Waals surface area contributed by atoms with Gasteiger partial charge in [-0.1, -0.05) is 51.1 Å². The summed E-state index contributed by atoms with van der Waals surface area (Å²) in [5.41, 5.74) is 7.61. The van der Waals surface area contributed by atoms with Gasteiger partial charge in [0.1, 0.15) is 0 Å². The molecule has 1 aromatic rings. The Bertz CT molecular complexity index is 374. The third-order valence-corrected chi connectivity index (χ3v) is 4.32. The van der Waals surface area contributed by atoms with Crippen LogP contribution < -0.4 is 5.73 Å². The van der Waals surface area contributed by atoms with Crippen LogP contribution in [0.1, 0.15) is 45.2 Å². The zero-order chi connectivity index (χ0) is 13.8. The first-order chi connectivity index (χ1) is 9.08. The van der Waals surface area contributed by atoms with Crippen molar-refractivity contribution in [2.75, 3.05) is 13.1 Å². The van der Waals surface area contributed by atoms with Crippen molar-refractivity contribution in [1.29, 1.82) is 0 Å². The van der Waals surface area contributed by atoms with Crippen molar-refractivity contribution in [3.63, 3.8) is 0 Å². The molecule has 1 saturated heterocycles. The first kappa shape index (κ1) is 14.5. The molecule has 0 radical (unpaired) electrons. The van der Waals surface area contributed by atoms with Gasteiger partial charge in [-0.05, 0) is 30.2 Å². The van der Waals surface area contributed by atoms with Gasteiger partial charge >= 0.3 is 0 Å². The maximum absolute atomic E-state index is 6.15. The van der Waals surface area contributed by atoms with Gasteiger partial charge in [0.2, 0.25) is 0 Å². The summed E-state index contributed by atoms with van der Waals surface area (Å²) < 4.78 is 0. The lowest BCUT2D eigenvalue weighted by Gasteiger charge is -2.41. The Morgan fingerprint density at radius 1 is 1.26 bits per heavy atom. The summed E-state index contributed by atoms with van der Waals surface area (Å²) in [6.07, 6.45) is 2.36. The number of likely N-dealkylation sites (tertiary alicyclic amines) is 1. The maximum atomic E-state index is 6.15. The standard InChI is InChI=1S/C17H28N2/c1-13(2)11-17(15-7-5-4-6-8-15)19-10-9-16(18)14(3)12-19/h4-8,13-14,16-17H,9-12,18H2,1-3H3. The molecule has 1 aromatic carbocycles. The van der Waals surface area contributed by atoms with Crippen LogP contribution in [-0.4, -0.2) is 24.0 Å². The van der Waals surface area contributed by atoms with Crippen LogP contribution in [0.4, 0.5) is 0 Å². The smallest absolute Gasteiger partial charge is 0.0350 e. The quantitative estimate of drug-likeness (QED) is 0.898. The lowest BCUT2D eigenvalue weighted by Crippen LogP contribution is -2.47. The van der Waals surface area contributed by atoms with Crippen LogP contribution >= 0.6 is 0 Å². The van der Waals surface area contributed by atoms with Crippen molar-refractivity contribution in [2.45, 2.75) is 45.7 Å². The van der Waals surface area contributed by atoms with E-state index in [0.717, 1.165) is 25.4 Å². The van der Waals surface area contributed by atoms with Gasteiger partial charge in [0, 0.05) is 25.2 Å². The third-order valence-electron chi connectivity index (χ3n) is 4.32. The molecule has 2 nitrogen and oxygen atoms in total. The van der Waals surface area contributed by atoms with Crippen LogP contribution in [0.3, 0.4) is 0 Å². The number of rotatable bonds is 4. The van der Waals surface area contributed by atoms with Crippen LogP contribution in [-0.2, 0) is 0 Å². The van der Waals surface area contributed by atoms with Crippen LogP contribution in [0.15, 0.2) is 30.3 Å². The second-order valence-corrected chi connectivity index (χ2v) is 6.48. The SMILES string of the molecule is CC(C)CC(c1ccccc1)N1CCC(N)C(C)C1. The molecule has 1 aliphatic rings. The highest BCUT2D eigenvalue weighted by atomic mass is 15.2. The fourth-order valence-corrected chi connectivity index (χ4v) is 3.10. The van der Waals surface area contributed by atoms with Gasteiger partial charge in [-0.2, -0.15) is 0 Å². The molecule has 2 rings (SSSR count). The molecule has 0 aromatic heterocycles. The molecule has 1 aliphatic heterocycles. The average Bonchev–Trinajstić information content (AvgIpc) is 2.40. The van der Waals surface area contributed by atoms with E-state index in [9.17, 15) is 0 Å². The molecule has 0 aliphatic carbocycles. The van der Waals surface area contributed by atoms with Gasteiger partial charge in [-0.3, -0.25) is 4.90 Å². The summed E-state index contributed by atoms with van der Waals surface area (Å²) >= 11 is 0. The Kier molecular flexibility index (Phi) is 5.00.